The van der Waals surface area contributed by atoms with Crippen LogP contribution in [-0.2, 0) is 16.1 Å². The van der Waals surface area contributed by atoms with E-state index in [0.717, 1.165) is 11.1 Å². The fourth-order valence-electron chi connectivity index (χ4n) is 2.70. The first-order valence-corrected chi connectivity index (χ1v) is 7.24. The minimum absolute atomic E-state index is 0.131. The summed E-state index contributed by atoms with van der Waals surface area (Å²) >= 11 is 0. The van der Waals surface area contributed by atoms with Gasteiger partial charge in [0.2, 0.25) is 0 Å². The number of fused-ring (bicyclic) bond motifs is 1. The van der Waals surface area contributed by atoms with Crippen molar-refractivity contribution in [2.24, 2.45) is 0 Å². The van der Waals surface area contributed by atoms with Crippen LogP contribution in [0.25, 0.3) is 0 Å². The van der Waals surface area contributed by atoms with Crippen molar-refractivity contribution in [2.75, 3.05) is 13.2 Å². The van der Waals surface area contributed by atoms with E-state index in [-0.39, 0.29) is 6.61 Å². The maximum absolute atomic E-state index is 9.61. The number of ether oxygens (including phenoxy) is 4. The first-order valence-electron chi connectivity index (χ1n) is 7.24. The third kappa shape index (κ3) is 2.33. The van der Waals surface area contributed by atoms with Gasteiger partial charge >= 0.3 is 0 Å². The van der Waals surface area contributed by atoms with Crippen LogP contribution in [0.3, 0.4) is 0 Å². The Morgan fingerprint density at radius 1 is 0.909 bits per heavy atom. The Morgan fingerprint density at radius 3 is 2.41 bits per heavy atom. The molecular weight excluding hydrogens is 284 g/mol. The number of aliphatic hydroxyl groups is 1. The van der Waals surface area contributed by atoms with Gasteiger partial charge in [-0.25, -0.2) is 0 Å². The number of benzene rings is 2. The van der Waals surface area contributed by atoms with Crippen LogP contribution in [0, 0.1) is 0 Å². The smallest absolute Gasteiger partial charge is 0.267 e. The van der Waals surface area contributed by atoms with Crippen molar-refractivity contribution in [3.05, 3.63) is 59.2 Å². The van der Waals surface area contributed by atoms with Gasteiger partial charge in [-0.3, -0.25) is 0 Å². The standard InChI is InChI=1S/C17H16O5/c18-10-13-8-12(16-19-6-7-20-16)9-14-15(13)22-17(21-14)11-4-2-1-3-5-11/h1-5,8-9,16-18H,6-7,10H2. The average molecular weight is 300 g/mol. The molecule has 4 rings (SSSR count). The molecule has 0 aliphatic carbocycles. The third-order valence-electron chi connectivity index (χ3n) is 3.75. The van der Waals surface area contributed by atoms with E-state index in [2.05, 4.69) is 0 Å². The minimum atomic E-state index is -0.498. The zero-order valence-corrected chi connectivity index (χ0v) is 11.9. The molecule has 0 amide bonds. The summed E-state index contributed by atoms with van der Waals surface area (Å²) in [5.74, 6) is 1.19. The van der Waals surface area contributed by atoms with Gasteiger partial charge in [0, 0.05) is 16.7 Å². The fourth-order valence-corrected chi connectivity index (χ4v) is 2.70. The molecule has 0 saturated carbocycles. The second kappa shape index (κ2) is 5.61. The van der Waals surface area contributed by atoms with Crippen LogP contribution in [0.5, 0.6) is 11.5 Å². The maximum Gasteiger partial charge on any atom is 0.267 e. The van der Waals surface area contributed by atoms with Crippen molar-refractivity contribution < 1.29 is 24.1 Å². The van der Waals surface area contributed by atoms with Crippen molar-refractivity contribution in [3.63, 3.8) is 0 Å². The van der Waals surface area contributed by atoms with E-state index in [1.807, 2.05) is 42.5 Å². The van der Waals surface area contributed by atoms with Gasteiger partial charge in [-0.1, -0.05) is 30.3 Å². The molecule has 2 aliphatic rings. The van der Waals surface area contributed by atoms with Crippen LogP contribution in [0.1, 0.15) is 29.3 Å². The molecule has 1 atom stereocenters. The highest BCUT2D eigenvalue weighted by atomic mass is 16.7. The Kier molecular flexibility index (Phi) is 3.46. The van der Waals surface area contributed by atoms with Crippen molar-refractivity contribution in [3.8, 4) is 11.5 Å². The highest BCUT2D eigenvalue weighted by Gasteiger charge is 2.30. The summed E-state index contributed by atoms with van der Waals surface area (Å²) in [5.41, 5.74) is 2.43. The Labute approximate surface area is 128 Å². The van der Waals surface area contributed by atoms with Gasteiger partial charge in [-0.05, 0) is 12.1 Å². The van der Waals surface area contributed by atoms with E-state index in [1.54, 1.807) is 0 Å². The molecule has 114 valence electrons. The highest BCUT2D eigenvalue weighted by molar-refractivity contribution is 5.52. The van der Waals surface area contributed by atoms with Crippen LogP contribution in [0.2, 0.25) is 0 Å². The summed E-state index contributed by atoms with van der Waals surface area (Å²) in [4.78, 5) is 0. The lowest BCUT2D eigenvalue weighted by Gasteiger charge is -2.12. The van der Waals surface area contributed by atoms with Crippen molar-refractivity contribution in [1.29, 1.82) is 0 Å². The van der Waals surface area contributed by atoms with Crippen molar-refractivity contribution >= 4 is 0 Å². The van der Waals surface area contributed by atoms with Crippen LogP contribution in [0.15, 0.2) is 42.5 Å². The van der Waals surface area contributed by atoms with Crippen molar-refractivity contribution in [2.45, 2.75) is 19.2 Å². The lowest BCUT2D eigenvalue weighted by molar-refractivity contribution is -0.0443. The summed E-state index contributed by atoms with van der Waals surface area (Å²) in [5, 5.41) is 9.61. The second-order valence-corrected chi connectivity index (χ2v) is 5.22. The predicted octanol–water partition coefficient (Wildman–Crippen LogP) is 2.69. The zero-order valence-electron chi connectivity index (χ0n) is 11.9. The second-order valence-electron chi connectivity index (χ2n) is 5.22. The summed E-state index contributed by atoms with van der Waals surface area (Å²) in [7, 11) is 0. The van der Waals surface area contributed by atoms with Crippen LogP contribution in [-0.4, -0.2) is 18.3 Å². The van der Waals surface area contributed by atoms with E-state index < -0.39 is 12.6 Å². The topological polar surface area (TPSA) is 57.2 Å². The fraction of sp³-hybridized carbons (Fsp3) is 0.294. The van der Waals surface area contributed by atoms with Crippen LogP contribution >= 0.6 is 0 Å². The van der Waals surface area contributed by atoms with Gasteiger partial charge < -0.3 is 24.1 Å². The highest BCUT2D eigenvalue weighted by Crippen LogP contribution is 2.45. The zero-order chi connectivity index (χ0) is 14.9. The lowest BCUT2D eigenvalue weighted by Crippen LogP contribution is -2.07. The Balaban J connectivity index is 1.67. The van der Waals surface area contributed by atoms with E-state index in [4.69, 9.17) is 18.9 Å². The van der Waals surface area contributed by atoms with E-state index in [1.165, 1.54) is 0 Å². The molecule has 1 N–H and O–H groups in total. The van der Waals surface area contributed by atoms with Crippen LogP contribution in [0.4, 0.5) is 0 Å². The van der Waals surface area contributed by atoms with Gasteiger partial charge in [0.25, 0.3) is 6.29 Å². The monoisotopic (exact) mass is 300 g/mol. The Bertz CT molecular complexity index is 664. The molecule has 1 unspecified atom stereocenters. The van der Waals surface area contributed by atoms with Gasteiger partial charge in [0.15, 0.2) is 17.8 Å². The minimum Gasteiger partial charge on any atom is -0.447 e. The Hall–Kier alpha value is -2.08. The Morgan fingerprint density at radius 2 is 1.68 bits per heavy atom. The molecule has 1 fully saturated rings. The van der Waals surface area contributed by atoms with E-state index in [9.17, 15) is 5.11 Å². The van der Waals surface area contributed by atoms with Crippen LogP contribution < -0.4 is 9.47 Å². The molecule has 5 heteroatoms. The molecule has 2 heterocycles. The van der Waals surface area contributed by atoms with Gasteiger partial charge in [-0.2, -0.15) is 0 Å². The summed E-state index contributed by atoms with van der Waals surface area (Å²) in [6, 6.07) is 13.4. The molecule has 1 saturated heterocycles. The molecule has 5 nitrogen and oxygen atoms in total. The number of rotatable bonds is 3. The number of aliphatic hydroxyl groups excluding tert-OH is 1. The van der Waals surface area contributed by atoms with Gasteiger partial charge in [0.05, 0.1) is 19.8 Å². The molecule has 0 bridgehead atoms. The SMILES string of the molecule is OCc1cc(C2OCCO2)cc2c1OC(c1ccccc1)O2. The maximum atomic E-state index is 9.61. The number of hydrogen-bond acceptors (Lipinski definition) is 5. The quantitative estimate of drug-likeness (QED) is 0.944. The summed E-state index contributed by atoms with van der Waals surface area (Å²) in [6.45, 7) is 1.01. The van der Waals surface area contributed by atoms with Gasteiger partial charge in [0.1, 0.15) is 0 Å². The molecule has 0 radical (unpaired) electrons. The average Bonchev–Trinajstić information content (AvgIpc) is 3.24. The van der Waals surface area contributed by atoms with E-state index in [0.29, 0.717) is 30.3 Å². The molecular formula is C17H16O5. The first kappa shape index (κ1) is 13.6. The molecule has 2 aromatic carbocycles. The molecule has 0 aromatic heterocycles. The first-order chi connectivity index (χ1) is 10.8. The predicted molar refractivity (Wildman–Crippen MR) is 77.4 cm³/mol. The van der Waals surface area contributed by atoms with E-state index >= 15 is 0 Å². The summed E-state index contributed by atoms with van der Waals surface area (Å²) in [6.07, 6.45) is -0.905. The molecule has 22 heavy (non-hydrogen) atoms. The number of hydrogen-bond donors (Lipinski definition) is 1. The molecule has 2 aliphatic heterocycles. The molecule has 0 spiro atoms. The lowest BCUT2D eigenvalue weighted by atomic mass is 10.1. The largest absolute Gasteiger partial charge is 0.447 e. The summed E-state index contributed by atoms with van der Waals surface area (Å²) < 4.78 is 22.8. The molecule has 2 aromatic rings. The van der Waals surface area contributed by atoms with Crippen molar-refractivity contribution in [1.82, 2.24) is 0 Å². The third-order valence-corrected chi connectivity index (χ3v) is 3.75. The van der Waals surface area contributed by atoms with Gasteiger partial charge in [-0.15, -0.1) is 0 Å². The normalized spacial score (nSPS) is 20.5.